The molecule has 140 valence electrons. The van der Waals surface area contributed by atoms with Crippen LogP contribution < -0.4 is 15.7 Å². The van der Waals surface area contributed by atoms with Gasteiger partial charge < -0.3 is 19.2 Å². The average Bonchev–Trinajstić information content (AvgIpc) is 2.67. The highest BCUT2D eigenvalue weighted by atomic mass is 19.1. The highest BCUT2D eigenvalue weighted by Gasteiger charge is 2.18. The number of hydrogen-bond acceptors (Lipinski definition) is 5. The van der Waals surface area contributed by atoms with Crippen molar-refractivity contribution < 1.29 is 23.1 Å². The second-order valence-corrected chi connectivity index (χ2v) is 5.82. The Balaban J connectivity index is 1.81. The molecule has 1 atom stereocenters. The molecule has 0 aliphatic rings. The molecule has 0 bridgehead atoms. The predicted molar refractivity (Wildman–Crippen MR) is 97.5 cm³/mol. The number of para-hydroxylation sites is 1. The first-order chi connectivity index (χ1) is 13.0. The molecule has 0 aliphatic carbocycles. The van der Waals surface area contributed by atoms with Gasteiger partial charge in [-0.2, -0.15) is 0 Å². The fourth-order valence-electron chi connectivity index (χ4n) is 2.76. The summed E-state index contributed by atoms with van der Waals surface area (Å²) >= 11 is 0. The molecular formula is C20H18FNO5. The Labute approximate surface area is 154 Å². The number of fused-ring (bicyclic) bond motifs is 1. The Morgan fingerprint density at radius 1 is 1.19 bits per heavy atom. The van der Waals surface area contributed by atoms with Gasteiger partial charge in [-0.1, -0.05) is 24.3 Å². The van der Waals surface area contributed by atoms with Crippen molar-refractivity contribution in [2.75, 3.05) is 20.8 Å². The Bertz CT molecular complexity index is 1030. The molecule has 0 fully saturated rings. The first kappa shape index (κ1) is 18.6. The summed E-state index contributed by atoms with van der Waals surface area (Å²) in [6, 6.07) is 12.5. The number of carbonyl (C=O) groups excluding carboxylic acids is 1. The molecule has 2 aromatic carbocycles. The van der Waals surface area contributed by atoms with Crippen molar-refractivity contribution in [2.45, 2.75) is 6.10 Å². The average molecular weight is 371 g/mol. The summed E-state index contributed by atoms with van der Waals surface area (Å²) < 4.78 is 29.1. The fraction of sp³-hybridized carbons (Fsp3) is 0.200. The second kappa shape index (κ2) is 8.01. The van der Waals surface area contributed by atoms with Crippen LogP contribution in [0.3, 0.4) is 0 Å². The third-order valence-corrected chi connectivity index (χ3v) is 4.14. The normalized spacial score (nSPS) is 12.0. The van der Waals surface area contributed by atoms with Crippen LogP contribution in [0.25, 0.3) is 11.0 Å². The van der Waals surface area contributed by atoms with Crippen LogP contribution in [0.1, 0.15) is 22.0 Å². The number of carbonyl (C=O) groups is 1. The van der Waals surface area contributed by atoms with E-state index in [0.717, 1.165) is 0 Å². The van der Waals surface area contributed by atoms with Crippen LogP contribution in [0.2, 0.25) is 0 Å². The van der Waals surface area contributed by atoms with Gasteiger partial charge in [-0.15, -0.1) is 0 Å². The largest absolute Gasteiger partial charge is 0.493 e. The Kier molecular flexibility index (Phi) is 5.52. The first-order valence-electron chi connectivity index (χ1n) is 8.21. The van der Waals surface area contributed by atoms with E-state index in [9.17, 15) is 14.0 Å². The summed E-state index contributed by atoms with van der Waals surface area (Å²) in [7, 11) is 2.92. The maximum atomic E-state index is 13.4. The van der Waals surface area contributed by atoms with Crippen molar-refractivity contribution in [2.24, 2.45) is 0 Å². The predicted octanol–water partition coefficient (Wildman–Crippen LogP) is 3.06. The van der Waals surface area contributed by atoms with E-state index in [1.807, 2.05) is 0 Å². The van der Waals surface area contributed by atoms with Crippen molar-refractivity contribution >= 4 is 16.9 Å². The molecule has 27 heavy (non-hydrogen) atoms. The lowest BCUT2D eigenvalue weighted by atomic mass is 10.1. The van der Waals surface area contributed by atoms with Crippen LogP contribution in [0.4, 0.5) is 4.39 Å². The lowest BCUT2D eigenvalue weighted by Gasteiger charge is -2.16. The van der Waals surface area contributed by atoms with Gasteiger partial charge in [0.1, 0.15) is 11.4 Å². The van der Waals surface area contributed by atoms with E-state index in [4.69, 9.17) is 13.9 Å². The molecule has 0 spiro atoms. The van der Waals surface area contributed by atoms with Gasteiger partial charge in [0.25, 0.3) is 5.91 Å². The number of rotatable bonds is 6. The Morgan fingerprint density at radius 2 is 1.96 bits per heavy atom. The second-order valence-electron chi connectivity index (χ2n) is 5.82. The summed E-state index contributed by atoms with van der Waals surface area (Å²) in [5.41, 5.74) is -0.0572. The van der Waals surface area contributed by atoms with E-state index in [1.54, 1.807) is 30.3 Å². The van der Waals surface area contributed by atoms with Gasteiger partial charge in [-0.3, -0.25) is 4.79 Å². The van der Waals surface area contributed by atoms with Crippen molar-refractivity contribution in [1.82, 2.24) is 5.32 Å². The standard InChI is InChI=1S/C20H18FNO5/c1-25-16-8-4-6-13-10-15(20(24)27-18(13)16)19(23)22-11-17(26-2)12-5-3-7-14(21)9-12/h3-10,17H,11H2,1-2H3,(H,22,23). The molecule has 0 saturated heterocycles. The number of amides is 1. The smallest absolute Gasteiger partial charge is 0.349 e. The Morgan fingerprint density at radius 3 is 2.67 bits per heavy atom. The maximum Gasteiger partial charge on any atom is 0.349 e. The van der Waals surface area contributed by atoms with E-state index in [1.165, 1.54) is 32.4 Å². The van der Waals surface area contributed by atoms with Crippen LogP contribution in [-0.2, 0) is 4.74 Å². The SMILES string of the molecule is COc1cccc2cc(C(=O)NCC(OC)c3cccc(F)c3)c(=O)oc12. The lowest BCUT2D eigenvalue weighted by Crippen LogP contribution is -2.32. The highest BCUT2D eigenvalue weighted by molar-refractivity contribution is 5.97. The molecule has 3 rings (SSSR count). The topological polar surface area (TPSA) is 77.8 Å². The molecule has 1 amide bonds. The Hall–Kier alpha value is -3.19. The molecular weight excluding hydrogens is 353 g/mol. The molecule has 1 unspecified atom stereocenters. The zero-order valence-electron chi connectivity index (χ0n) is 14.8. The van der Waals surface area contributed by atoms with Crippen LogP contribution in [0.5, 0.6) is 5.75 Å². The molecule has 6 nitrogen and oxygen atoms in total. The molecule has 7 heteroatoms. The molecule has 0 radical (unpaired) electrons. The summed E-state index contributed by atoms with van der Waals surface area (Å²) in [5, 5.41) is 3.19. The lowest BCUT2D eigenvalue weighted by molar-refractivity contribution is 0.0824. The van der Waals surface area contributed by atoms with Crippen LogP contribution in [0.15, 0.2) is 57.7 Å². The van der Waals surface area contributed by atoms with Crippen molar-refractivity contribution in [3.05, 3.63) is 75.9 Å². The number of hydrogen-bond donors (Lipinski definition) is 1. The van der Waals surface area contributed by atoms with E-state index in [0.29, 0.717) is 16.7 Å². The van der Waals surface area contributed by atoms with E-state index in [-0.39, 0.29) is 17.7 Å². The van der Waals surface area contributed by atoms with E-state index in [2.05, 4.69) is 5.32 Å². The van der Waals surface area contributed by atoms with Crippen LogP contribution in [-0.4, -0.2) is 26.7 Å². The van der Waals surface area contributed by atoms with Gasteiger partial charge in [0.2, 0.25) is 0 Å². The molecule has 1 N–H and O–H groups in total. The van der Waals surface area contributed by atoms with Crippen LogP contribution >= 0.6 is 0 Å². The quantitative estimate of drug-likeness (QED) is 0.674. The zero-order valence-corrected chi connectivity index (χ0v) is 14.8. The third-order valence-electron chi connectivity index (χ3n) is 4.14. The molecule has 1 heterocycles. The number of halogens is 1. The number of benzene rings is 2. The summed E-state index contributed by atoms with van der Waals surface area (Å²) in [4.78, 5) is 24.7. The monoisotopic (exact) mass is 371 g/mol. The molecule has 0 saturated carbocycles. The van der Waals surface area contributed by atoms with E-state index < -0.39 is 23.5 Å². The van der Waals surface area contributed by atoms with Crippen molar-refractivity contribution in [3.63, 3.8) is 0 Å². The summed E-state index contributed by atoms with van der Waals surface area (Å²) in [6.07, 6.45) is -0.558. The minimum Gasteiger partial charge on any atom is -0.493 e. The minimum atomic E-state index is -0.774. The van der Waals surface area contributed by atoms with Crippen molar-refractivity contribution in [3.8, 4) is 5.75 Å². The maximum absolute atomic E-state index is 13.4. The molecule has 3 aromatic rings. The minimum absolute atomic E-state index is 0.0639. The number of nitrogens with one attached hydrogen (secondary N) is 1. The zero-order chi connectivity index (χ0) is 19.4. The number of methoxy groups -OCH3 is 2. The van der Waals surface area contributed by atoms with Crippen LogP contribution in [0, 0.1) is 5.82 Å². The van der Waals surface area contributed by atoms with Gasteiger partial charge in [-0.05, 0) is 29.8 Å². The van der Waals surface area contributed by atoms with E-state index >= 15 is 0 Å². The molecule has 1 aromatic heterocycles. The van der Waals surface area contributed by atoms with Gasteiger partial charge in [0.05, 0.1) is 13.2 Å². The number of ether oxygens (including phenoxy) is 2. The van der Waals surface area contributed by atoms with Gasteiger partial charge in [0, 0.05) is 19.0 Å². The molecule has 0 aliphatic heterocycles. The third kappa shape index (κ3) is 3.98. The van der Waals surface area contributed by atoms with Gasteiger partial charge in [0.15, 0.2) is 11.3 Å². The summed E-state index contributed by atoms with van der Waals surface area (Å²) in [5.74, 6) is -0.598. The first-order valence-corrected chi connectivity index (χ1v) is 8.21. The van der Waals surface area contributed by atoms with Gasteiger partial charge in [-0.25, -0.2) is 9.18 Å². The van der Waals surface area contributed by atoms with Crippen molar-refractivity contribution in [1.29, 1.82) is 0 Å². The van der Waals surface area contributed by atoms with Gasteiger partial charge >= 0.3 is 5.63 Å². The summed E-state index contributed by atoms with van der Waals surface area (Å²) in [6.45, 7) is 0.0639. The fourth-order valence-corrected chi connectivity index (χ4v) is 2.76. The highest BCUT2D eigenvalue weighted by Crippen LogP contribution is 2.24.